The molecule has 0 bridgehead atoms. The van der Waals surface area contributed by atoms with E-state index >= 15 is 0 Å². The molecule has 0 spiro atoms. The third kappa shape index (κ3) is 6.60. The number of ether oxygens (including phenoxy) is 2. The molecule has 1 aliphatic rings. The molecule has 0 aliphatic carbocycles. The van der Waals surface area contributed by atoms with E-state index in [1.807, 2.05) is 20.8 Å². The molecule has 1 fully saturated rings. The van der Waals surface area contributed by atoms with Crippen LogP contribution in [0.1, 0.15) is 39.2 Å². The molecule has 0 atom stereocenters. The van der Waals surface area contributed by atoms with Crippen LogP contribution in [-0.2, 0) is 19.1 Å². The third-order valence-corrected chi connectivity index (χ3v) is 4.54. The molecule has 0 unspecified atom stereocenters. The largest absolute Gasteiger partial charge is 0.466 e. The second kappa shape index (κ2) is 9.09. The number of nitrogens with one attached hydrogen (secondary N) is 1. The molecule has 0 radical (unpaired) electrons. The van der Waals surface area contributed by atoms with Gasteiger partial charge in [-0.3, -0.25) is 4.79 Å². The first kappa shape index (κ1) is 22.4. The van der Waals surface area contributed by atoms with Gasteiger partial charge in [0.2, 0.25) is 5.91 Å². The van der Waals surface area contributed by atoms with Crippen LogP contribution >= 0.6 is 0 Å². The molecule has 1 heterocycles. The summed E-state index contributed by atoms with van der Waals surface area (Å²) < 4.78 is 9.91. The molecule has 158 valence electrons. The van der Waals surface area contributed by atoms with Crippen LogP contribution in [0.15, 0.2) is 30.3 Å². The molecule has 1 saturated heterocycles. The molecule has 8 heteroatoms. The lowest BCUT2D eigenvalue weighted by Crippen LogP contribution is -2.58. The molecule has 1 aromatic rings. The Morgan fingerprint density at radius 3 is 2.24 bits per heavy atom. The highest BCUT2D eigenvalue weighted by molar-refractivity contribution is 5.98. The number of benzene rings is 1. The summed E-state index contributed by atoms with van der Waals surface area (Å²) in [5.41, 5.74) is 6.09. The number of carbonyl (C=O) groups is 3. The Morgan fingerprint density at radius 1 is 1.14 bits per heavy atom. The summed E-state index contributed by atoms with van der Waals surface area (Å²) in [7, 11) is 1.31. The molecule has 1 aliphatic heterocycles. The van der Waals surface area contributed by atoms with Crippen molar-refractivity contribution >= 4 is 29.7 Å². The maximum Gasteiger partial charge on any atom is 0.410 e. The van der Waals surface area contributed by atoms with Crippen molar-refractivity contribution in [3.8, 4) is 0 Å². The van der Waals surface area contributed by atoms with Crippen LogP contribution < -0.4 is 11.1 Å². The Labute approximate surface area is 171 Å². The molecule has 8 nitrogen and oxygen atoms in total. The first-order valence-corrected chi connectivity index (χ1v) is 9.47. The highest BCUT2D eigenvalue weighted by Crippen LogP contribution is 2.23. The molecule has 29 heavy (non-hydrogen) atoms. The fourth-order valence-electron chi connectivity index (χ4n) is 2.81. The van der Waals surface area contributed by atoms with E-state index in [0.717, 1.165) is 5.56 Å². The number of carbonyl (C=O) groups excluding carboxylic acids is 3. The SMILES string of the molecule is COC(=O)/C=C/c1ccc(NC(=O)C2(N)CCN(C(=O)OC(C)(C)C)CC2)cc1. The number of methoxy groups -OCH3 is 1. The lowest BCUT2D eigenvalue weighted by Gasteiger charge is -2.38. The average molecular weight is 403 g/mol. The van der Waals surface area contributed by atoms with Crippen molar-refractivity contribution in [1.82, 2.24) is 4.90 Å². The van der Waals surface area contributed by atoms with Crippen molar-refractivity contribution in [2.24, 2.45) is 5.73 Å². The second-order valence-corrected chi connectivity index (χ2v) is 8.06. The number of esters is 1. The van der Waals surface area contributed by atoms with Gasteiger partial charge in [-0.2, -0.15) is 0 Å². The van der Waals surface area contributed by atoms with E-state index in [1.165, 1.54) is 13.2 Å². The first-order chi connectivity index (χ1) is 13.5. The molecular weight excluding hydrogens is 374 g/mol. The summed E-state index contributed by atoms with van der Waals surface area (Å²) in [5, 5.41) is 2.82. The number of anilines is 1. The predicted molar refractivity (Wildman–Crippen MR) is 110 cm³/mol. The lowest BCUT2D eigenvalue weighted by molar-refractivity contribution is -0.134. The van der Waals surface area contributed by atoms with Gasteiger partial charge in [0.1, 0.15) is 5.60 Å². The van der Waals surface area contributed by atoms with E-state index in [-0.39, 0.29) is 5.91 Å². The summed E-state index contributed by atoms with van der Waals surface area (Å²) in [6, 6.07) is 6.99. The number of piperidine rings is 1. The minimum atomic E-state index is -1.05. The fraction of sp³-hybridized carbons (Fsp3) is 0.476. The molecule has 0 saturated carbocycles. The Hall–Kier alpha value is -2.87. The topological polar surface area (TPSA) is 111 Å². The van der Waals surface area contributed by atoms with Crippen LogP contribution in [0.3, 0.4) is 0 Å². The van der Waals surface area contributed by atoms with E-state index in [9.17, 15) is 14.4 Å². The van der Waals surface area contributed by atoms with Crippen LogP contribution in [0.2, 0.25) is 0 Å². The standard InChI is InChI=1S/C21H29N3O5/c1-20(2,3)29-19(27)24-13-11-21(22,12-14-24)18(26)23-16-8-5-15(6-9-16)7-10-17(25)28-4/h5-10H,11-14,22H2,1-4H3,(H,23,26)/b10-7+. The van der Waals surface area contributed by atoms with Crippen molar-refractivity contribution in [2.75, 3.05) is 25.5 Å². The molecule has 0 aromatic heterocycles. The molecule has 2 rings (SSSR count). The van der Waals surface area contributed by atoms with Crippen LogP contribution in [0.4, 0.5) is 10.5 Å². The van der Waals surface area contributed by atoms with Crippen molar-refractivity contribution in [1.29, 1.82) is 0 Å². The number of nitrogens with zero attached hydrogens (tertiary/aromatic N) is 1. The normalized spacial score (nSPS) is 16.4. The van der Waals surface area contributed by atoms with Gasteiger partial charge in [-0.15, -0.1) is 0 Å². The summed E-state index contributed by atoms with van der Waals surface area (Å²) in [5.74, 6) is -0.732. The zero-order valence-corrected chi connectivity index (χ0v) is 17.4. The first-order valence-electron chi connectivity index (χ1n) is 9.47. The van der Waals surface area contributed by atoms with Crippen molar-refractivity contribution in [3.63, 3.8) is 0 Å². The number of hydrogen-bond donors (Lipinski definition) is 2. The maximum absolute atomic E-state index is 12.7. The van der Waals surface area contributed by atoms with Gasteiger partial charge in [-0.25, -0.2) is 9.59 Å². The Morgan fingerprint density at radius 2 is 1.72 bits per heavy atom. The molecule has 2 amide bonds. The summed E-state index contributed by atoms with van der Waals surface area (Å²) in [6.45, 7) is 6.15. The molecule has 3 N–H and O–H groups in total. The van der Waals surface area contributed by atoms with Gasteiger partial charge in [0.05, 0.1) is 12.6 Å². The van der Waals surface area contributed by atoms with E-state index in [1.54, 1.807) is 35.2 Å². The van der Waals surface area contributed by atoms with Gasteiger partial charge in [0.15, 0.2) is 0 Å². The van der Waals surface area contributed by atoms with Gasteiger partial charge in [0, 0.05) is 24.9 Å². The fourth-order valence-corrected chi connectivity index (χ4v) is 2.81. The molecule has 1 aromatic carbocycles. The zero-order chi connectivity index (χ0) is 21.7. The Kier molecular flexibility index (Phi) is 7.02. The Balaban J connectivity index is 1.91. The number of rotatable bonds is 4. The van der Waals surface area contributed by atoms with Gasteiger partial charge < -0.3 is 25.4 Å². The zero-order valence-electron chi connectivity index (χ0n) is 17.4. The van der Waals surface area contributed by atoms with Gasteiger partial charge in [0.25, 0.3) is 0 Å². The third-order valence-electron chi connectivity index (χ3n) is 4.54. The number of likely N-dealkylation sites (tertiary alicyclic amines) is 1. The summed E-state index contributed by atoms with van der Waals surface area (Å²) in [4.78, 5) is 37.6. The number of nitrogens with two attached hydrogens (primary N) is 1. The van der Waals surface area contributed by atoms with Crippen molar-refractivity contribution in [2.45, 2.75) is 44.8 Å². The van der Waals surface area contributed by atoms with Gasteiger partial charge in [-0.1, -0.05) is 12.1 Å². The van der Waals surface area contributed by atoms with E-state index in [0.29, 0.717) is 31.6 Å². The van der Waals surface area contributed by atoms with Crippen LogP contribution in [-0.4, -0.2) is 54.2 Å². The van der Waals surface area contributed by atoms with E-state index < -0.39 is 23.2 Å². The van der Waals surface area contributed by atoms with Crippen molar-refractivity contribution in [3.05, 3.63) is 35.9 Å². The van der Waals surface area contributed by atoms with Crippen molar-refractivity contribution < 1.29 is 23.9 Å². The maximum atomic E-state index is 12.7. The van der Waals surface area contributed by atoms with Gasteiger partial charge >= 0.3 is 12.1 Å². The minimum absolute atomic E-state index is 0.292. The second-order valence-electron chi connectivity index (χ2n) is 8.06. The smallest absolute Gasteiger partial charge is 0.410 e. The lowest BCUT2D eigenvalue weighted by atomic mass is 9.87. The van der Waals surface area contributed by atoms with Gasteiger partial charge in [-0.05, 0) is 57.4 Å². The monoisotopic (exact) mass is 403 g/mol. The van der Waals surface area contributed by atoms with E-state index in [2.05, 4.69) is 10.1 Å². The quantitative estimate of drug-likeness (QED) is 0.590. The Bertz CT molecular complexity index is 773. The summed E-state index contributed by atoms with van der Waals surface area (Å²) >= 11 is 0. The number of hydrogen-bond acceptors (Lipinski definition) is 6. The van der Waals surface area contributed by atoms with E-state index in [4.69, 9.17) is 10.5 Å². The predicted octanol–water partition coefficient (Wildman–Crippen LogP) is 2.54. The minimum Gasteiger partial charge on any atom is -0.466 e. The number of amides is 2. The van der Waals surface area contributed by atoms with Crippen LogP contribution in [0.25, 0.3) is 6.08 Å². The summed E-state index contributed by atoms with van der Waals surface area (Å²) in [6.07, 6.45) is 3.24. The molecular formula is C21H29N3O5. The average Bonchev–Trinajstić information content (AvgIpc) is 2.66. The van der Waals surface area contributed by atoms with Crippen LogP contribution in [0.5, 0.6) is 0 Å². The van der Waals surface area contributed by atoms with Crippen LogP contribution in [0, 0.1) is 0 Å². The highest BCUT2D eigenvalue weighted by atomic mass is 16.6. The highest BCUT2D eigenvalue weighted by Gasteiger charge is 2.39.